The Morgan fingerprint density at radius 1 is 1.14 bits per heavy atom. The van der Waals surface area contributed by atoms with E-state index >= 15 is 0 Å². The van der Waals surface area contributed by atoms with E-state index < -0.39 is 29.6 Å². The number of nitrogens with zero attached hydrogens (tertiary/aromatic N) is 2. The van der Waals surface area contributed by atoms with Gasteiger partial charge in [-0.2, -0.15) is 0 Å². The van der Waals surface area contributed by atoms with Crippen LogP contribution in [0.5, 0.6) is 5.75 Å². The molecule has 0 atom stereocenters. The summed E-state index contributed by atoms with van der Waals surface area (Å²) in [6.45, 7) is 1.25. The van der Waals surface area contributed by atoms with Crippen LogP contribution in [0.2, 0.25) is 0 Å². The molecule has 8 heteroatoms. The van der Waals surface area contributed by atoms with Crippen molar-refractivity contribution in [1.82, 2.24) is 9.55 Å². The average molecular weight is 385 g/mol. The van der Waals surface area contributed by atoms with Crippen molar-refractivity contribution in [3.63, 3.8) is 0 Å². The van der Waals surface area contributed by atoms with E-state index in [-0.39, 0.29) is 11.5 Å². The molecule has 0 unspecified atom stereocenters. The van der Waals surface area contributed by atoms with Gasteiger partial charge in [0.2, 0.25) is 5.91 Å². The molecule has 1 amide bonds. The Balaban J connectivity index is 1.93. The summed E-state index contributed by atoms with van der Waals surface area (Å²) in [6.07, 6.45) is 0. The fourth-order valence-corrected chi connectivity index (χ4v) is 2.66. The highest BCUT2D eigenvalue weighted by Crippen LogP contribution is 2.21. The molecular weight excluding hydrogens is 368 g/mol. The summed E-state index contributed by atoms with van der Waals surface area (Å²) in [4.78, 5) is 29.2. The predicted molar refractivity (Wildman–Crippen MR) is 100 cm³/mol. The Labute approximate surface area is 159 Å². The topological polar surface area (TPSA) is 73.2 Å². The van der Waals surface area contributed by atoms with Crippen LogP contribution in [0, 0.1) is 18.6 Å². The van der Waals surface area contributed by atoms with E-state index in [1.54, 1.807) is 31.2 Å². The first-order valence-corrected chi connectivity index (χ1v) is 8.35. The highest BCUT2D eigenvalue weighted by molar-refractivity contribution is 5.91. The molecule has 3 rings (SSSR count). The normalized spacial score (nSPS) is 10.6. The number of hydrogen-bond acceptors (Lipinski definition) is 4. The zero-order valence-electron chi connectivity index (χ0n) is 15.2. The maximum Gasteiger partial charge on any atom is 0.254 e. The lowest BCUT2D eigenvalue weighted by atomic mass is 10.2. The van der Waals surface area contributed by atoms with Gasteiger partial charge in [-0.3, -0.25) is 14.2 Å². The van der Waals surface area contributed by atoms with Crippen LogP contribution in [-0.4, -0.2) is 22.6 Å². The number of amides is 1. The van der Waals surface area contributed by atoms with Crippen molar-refractivity contribution >= 4 is 11.6 Å². The van der Waals surface area contributed by atoms with E-state index in [0.29, 0.717) is 17.0 Å². The highest BCUT2D eigenvalue weighted by Gasteiger charge is 2.15. The first kappa shape index (κ1) is 19.2. The Hall–Kier alpha value is -3.55. The molecule has 0 fully saturated rings. The first-order chi connectivity index (χ1) is 13.4. The summed E-state index contributed by atoms with van der Waals surface area (Å²) in [5.74, 6) is -1.25. The Morgan fingerprint density at radius 3 is 2.54 bits per heavy atom. The third-order valence-electron chi connectivity index (χ3n) is 3.99. The number of rotatable bonds is 5. The lowest BCUT2D eigenvalue weighted by Gasteiger charge is -2.13. The summed E-state index contributed by atoms with van der Waals surface area (Å²) in [6, 6.07) is 10.8. The molecule has 0 saturated heterocycles. The third-order valence-corrected chi connectivity index (χ3v) is 3.99. The molecule has 28 heavy (non-hydrogen) atoms. The highest BCUT2D eigenvalue weighted by atomic mass is 19.1. The first-order valence-electron chi connectivity index (χ1n) is 8.35. The summed E-state index contributed by atoms with van der Waals surface area (Å²) >= 11 is 0. The van der Waals surface area contributed by atoms with Crippen LogP contribution < -0.4 is 15.6 Å². The van der Waals surface area contributed by atoms with Gasteiger partial charge in [-0.1, -0.05) is 0 Å². The summed E-state index contributed by atoms with van der Waals surface area (Å²) < 4.78 is 33.3. The van der Waals surface area contributed by atoms with E-state index in [9.17, 15) is 18.4 Å². The van der Waals surface area contributed by atoms with Gasteiger partial charge >= 0.3 is 0 Å². The van der Waals surface area contributed by atoms with E-state index in [4.69, 9.17) is 4.74 Å². The minimum absolute atomic E-state index is 0.280. The van der Waals surface area contributed by atoms with Gasteiger partial charge in [-0.15, -0.1) is 0 Å². The Morgan fingerprint density at radius 2 is 1.86 bits per heavy atom. The lowest BCUT2D eigenvalue weighted by molar-refractivity contribution is -0.116. The van der Waals surface area contributed by atoms with Gasteiger partial charge < -0.3 is 10.1 Å². The van der Waals surface area contributed by atoms with Gasteiger partial charge in [0.05, 0.1) is 12.8 Å². The summed E-state index contributed by atoms with van der Waals surface area (Å²) in [5, 5.41) is 2.28. The molecule has 0 aliphatic carbocycles. The van der Waals surface area contributed by atoms with E-state index in [2.05, 4.69) is 10.3 Å². The van der Waals surface area contributed by atoms with Gasteiger partial charge in [0.1, 0.15) is 29.8 Å². The van der Waals surface area contributed by atoms with Crippen LogP contribution in [0.1, 0.15) is 5.69 Å². The second-order valence-electron chi connectivity index (χ2n) is 6.05. The third kappa shape index (κ3) is 4.22. The molecule has 3 aromatic rings. The van der Waals surface area contributed by atoms with Crippen molar-refractivity contribution in [3.8, 4) is 17.1 Å². The molecule has 2 aromatic carbocycles. The fourth-order valence-electron chi connectivity index (χ4n) is 2.66. The summed E-state index contributed by atoms with van der Waals surface area (Å²) in [5.41, 5.74) is 0.354. The number of nitrogens with one attached hydrogen (secondary N) is 1. The molecule has 0 aliphatic heterocycles. The maximum atomic E-state index is 13.7. The predicted octanol–water partition coefficient (Wildman–Crippen LogP) is 3.14. The quantitative estimate of drug-likeness (QED) is 0.732. The van der Waals surface area contributed by atoms with Crippen LogP contribution in [0.3, 0.4) is 0 Å². The molecule has 0 saturated carbocycles. The van der Waals surface area contributed by atoms with Crippen LogP contribution in [-0.2, 0) is 11.3 Å². The van der Waals surface area contributed by atoms with Crippen LogP contribution >= 0.6 is 0 Å². The van der Waals surface area contributed by atoms with Gasteiger partial charge in [0, 0.05) is 23.4 Å². The van der Waals surface area contributed by atoms with E-state index in [0.717, 1.165) is 18.2 Å². The monoisotopic (exact) mass is 385 g/mol. The van der Waals surface area contributed by atoms with Gasteiger partial charge in [-0.25, -0.2) is 13.8 Å². The minimum atomic E-state index is -0.778. The van der Waals surface area contributed by atoms with E-state index in [1.165, 1.54) is 17.7 Å². The molecule has 0 aliphatic rings. The lowest BCUT2D eigenvalue weighted by Crippen LogP contribution is -2.29. The number of hydrogen-bond donors (Lipinski definition) is 1. The largest absolute Gasteiger partial charge is 0.497 e. The van der Waals surface area contributed by atoms with Gasteiger partial charge in [0.15, 0.2) is 0 Å². The van der Waals surface area contributed by atoms with Crippen LogP contribution in [0.25, 0.3) is 11.4 Å². The molecule has 1 heterocycles. The van der Waals surface area contributed by atoms with Crippen molar-refractivity contribution in [2.45, 2.75) is 13.5 Å². The molecule has 0 radical (unpaired) electrons. The molecule has 6 nitrogen and oxygen atoms in total. The standard InChI is InChI=1S/C20H17F2N3O3/c1-12-9-19(27)25(20(23-12)13-3-6-15(28-2)7-4-13)11-18(26)24-17-10-14(21)5-8-16(17)22/h3-10H,11H2,1-2H3,(H,24,26). The second kappa shape index (κ2) is 7.99. The molecule has 0 bridgehead atoms. The number of aromatic nitrogens is 2. The van der Waals surface area contributed by atoms with Crippen LogP contribution in [0.15, 0.2) is 53.3 Å². The second-order valence-corrected chi connectivity index (χ2v) is 6.05. The zero-order chi connectivity index (χ0) is 20.3. The molecule has 1 N–H and O–H groups in total. The molecule has 144 valence electrons. The maximum absolute atomic E-state index is 13.7. The van der Waals surface area contributed by atoms with Crippen molar-refractivity contribution in [2.75, 3.05) is 12.4 Å². The number of benzene rings is 2. The van der Waals surface area contributed by atoms with Gasteiger partial charge in [-0.05, 0) is 43.3 Å². The van der Waals surface area contributed by atoms with Crippen molar-refractivity contribution in [1.29, 1.82) is 0 Å². The number of carbonyl (C=O) groups excluding carboxylic acids is 1. The molecule has 0 spiro atoms. The fraction of sp³-hybridized carbons (Fsp3) is 0.150. The van der Waals surface area contributed by atoms with Crippen molar-refractivity contribution < 1.29 is 18.3 Å². The zero-order valence-corrected chi connectivity index (χ0v) is 15.2. The number of anilines is 1. The minimum Gasteiger partial charge on any atom is -0.497 e. The number of carbonyl (C=O) groups is 1. The SMILES string of the molecule is COc1ccc(-c2nc(C)cc(=O)n2CC(=O)Nc2cc(F)ccc2F)cc1. The van der Waals surface area contributed by atoms with Gasteiger partial charge in [0.25, 0.3) is 5.56 Å². The van der Waals surface area contributed by atoms with Crippen molar-refractivity contribution in [2.24, 2.45) is 0 Å². The Bertz CT molecular complexity index is 1080. The smallest absolute Gasteiger partial charge is 0.254 e. The van der Waals surface area contributed by atoms with Crippen LogP contribution in [0.4, 0.5) is 14.5 Å². The summed E-state index contributed by atoms with van der Waals surface area (Å²) in [7, 11) is 1.53. The van der Waals surface area contributed by atoms with E-state index in [1.807, 2.05) is 0 Å². The molecular formula is C20H17F2N3O3. The number of halogens is 2. The molecule has 1 aromatic heterocycles. The number of aryl methyl sites for hydroxylation is 1. The number of methoxy groups -OCH3 is 1. The van der Waals surface area contributed by atoms with Crippen molar-refractivity contribution in [3.05, 3.63) is 76.2 Å². The average Bonchev–Trinajstić information content (AvgIpc) is 2.66. The number of ether oxygens (including phenoxy) is 1. The Kier molecular flexibility index (Phi) is 5.49.